The number of hydrogen-bond donors (Lipinski definition) is 2. The van der Waals surface area contributed by atoms with Crippen molar-refractivity contribution in [3.63, 3.8) is 0 Å². The summed E-state index contributed by atoms with van der Waals surface area (Å²) in [7, 11) is 0. The van der Waals surface area contributed by atoms with Crippen molar-refractivity contribution in [3.8, 4) is 16.3 Å². The molecule has 1 aromatic carbocycles. The largest absolute Gasteiger partial charge is 0.503 e. The van der Waals surface area contributed by atoms with Gasteiger partial charge in [-0.1, -0.05) is 12.1 Å². The van der Waals surface area contributed by atoms with E-state index in [1.54, 1.807) is 32.2 Å². The molecule has 0 radical (unpaired) electrons. The molecule has 3 aromatic rings. The fraction of sp³-hybridized carbons (Fsp3) is 0.360. The van der Waals surface area contributed by atoms with Crippen molar-refractivity contribution in [3.05, 3.63) is 68.8 Å². The highest BCUT2D eigenvalue weighted by molar-refractivity contribution is 7.15. The van der Waals surface area contributed by atoms with E-state index in [1.165, 1.54) is 39.1 Å². The predicted octanol–water partition coefficient (Wildman–Crippen LogP) is 3.12. The summed E-state index contributed by atoms with van der Waals surface area (Å²) in [6.07, 6.45) is 3.57. The fourth-order valence-electron chi connectivity index (χ4n) is 4.23. The molecule has 184 valence electrons. The van der Waals surface area contributed by atoms with Crippen LogP contribution in [0.3, 0.4) is 0 Å². The smallest absolute Gasteiger partial charge is 0.274 e. The molecule has 4 rings (SSSR count). The van der Waals surface area contributed by atoms with Crippen LogP contribution in [0.5, 0.6) is 5.75 Å². The lowest BCUT2D eigenvalue weighted by Crippen LogP contribution is -2.61. The molecule has 2 amide bonds. The Morgan fingerprint density at radius 2 is 1.97 bits per heavy atom. The maximum absolute atomic E-state index is 13.2. The van der Waals surface area contributed by atoms with Crippen LogP contribution in [0.2, 0.25) is 0 Å². The summed E-state index contributed by atoms with van der Waals surface area (Å²) in [5.41, 5.74) is -1.21. The normalized spacial score (nSPS) is 17.5. The van der Waals surface area contributed by atoms with Crippen molar-refractivity contribution < 1.29 is 19.1 Å². The second-order valence-electron chi connectivity index (χ2n) is 9.03. The van der Waals surface area contributed by atoms with Gasteiger partial charge in [0.05, 0.1) is 12.1 Å². The fourth-order valence-corrected chi connectivity index (χ4v) is 5.18. The molecule has 8 nitrogen and oxygen atoms in total. The maximum atomic E-state index is 13.2. The Labute approximate surface area is 206 Å². The number of aromatic hydroxyl groups is 1. The highest BCUT2D eigenvalue weighted by Crippen LogP contribution is 2.35. The van der Waals surface area contributed by atoms with E-state index in [4.69, 9.17) is 0 Å². The molecule has 0 saturated heterocycles. The molecule has 2 aromatic heterocycles. The lowest BCUT2D eigenvalue weighted by atomic mass is 9.93. The number of rotatable bonds is 6. The molecule has 3 heterocycles. The van der Waals surface area contributed by atoms with Crippen LogP contribution in [0.1, 0.15) is 48.6 Å². The van der Waals surface area contributed by atoms with Crippen LogP contribution in [-0.2, 0) is 16.8 Å². The number of pyridine rings is 1. The monoisotopic (exact) mass is 498 g/mol. The second-order valence-corrected chi connectivity index (χ2v) is 10.1. The Balaban J connectivity index is 1.82. The van der Waals surface area contributed by atoms with Crippen molar-refractivity contribution in [2.24, 2.45) is 0 Å². The van der Waals surface area contributed by atoms with Gasteiger partial charge in [-0.15, -0.1) is 11.3 Å². The topological polar surface area (TPSA) is 105 Å². The number of fused-ring (bicyclic) bond motifs is 1. The van der Waals surface area contributed by atoms with E-state index in [9.17, 15) is 23.9 Å². The molecule has 0 saturated carbocycles. The summed E-state index contributed by atoms with van der Waals surface area (Å²) in [6.45, 7) is 7.57. The Kier molecular flexibility index (Phi) is 6.50. The van der Waals surface area contributed by atoms with E-state index in [1.807, 2.05) is 13.8 Å². The quantitative estimate of drug-likeness (QED) is 0.544. The highest BCUT2D eigenvalue weighted by Gasteiger charge is 2.47. The maximum Gasteiger partial charge on any atom is 0.274 e. The van der Waals surface area contributed by atoms with E-state index in [2.05, 4.69) is 10.3 Å². The van der Waals surface area contributed by atoms with E-state index in [0.29, 0.717) is 18.0 Å². The van der Waals surface area contributed by atoms with Gasteiger partial charge < -0.3 is 19.9 Å². The van der Waals surface area contributed by atoms with E-state index in [0.717, 1.165) is 10.4 Å². The zero-order valence-electron chi connectivity index (χ0n) is 20.0. The summed E-state index contributed by atoms with van der Waals surface area (Å²) in [5, 5.41) is 14.1. The molecule has 35 heavy (non-hydrogen) atoms. The molecule has 2 N–H and O–H groups in total. The van der Waals surface area contributed by atoms with Crippen LogP contribution in [0.15, 0.2) is 41.5 Å². The number of nitrogens with zero attached hydrogens (tertiary/aromatic N) is 3. The number of nitrogens with one attached hydrogen (secondary N) is 1. The zero-order valence-corrected chi connectivity index (χ0v) is 20.8. The first-order chi connectivity index (χ1) is 16.6. The number of benzene rings is 1. The van der Waals surface area contributed by atoms with Crippen molar-refractivity contribution in [2.75, 3.05) is 13.1 Å². The third-order valence-electron chi connectivity index (χ3n) is 6.18. The van der Waals surface area contributed by atoms with Gasteiger partial charge in [-0.3, -0.25) is 14.4 Å². The lowest BCUT2D eigenvalue weighted by molar-refractivity contribution is -0.130. The average Bonchev–Trinajstić information content (AvgIpc) is 3.27. The number of halogens is 1. The number of aromatic nitrogens is 2. The van der Waals surface area contributed by atoms with E-state index >= 15 is 0 Å². The van der Waals surface area contributed by atoms with Crippen LogP contribution >= 0.6 is 11.3 Å². The molecule has 1 unspecified atom stereocenters. The first-order valence-electron chi connectivity index (χ1n) is 11.3. The number of likely N-dealkylation sites (N-methyl/N-ethyl adjacent to an activating group) is 1. The number of carbonyl (C=O) groups is 2. The average molecular weight is 499 g/mol. The highest BCUT2D eigenvalue weighted by atomic mass is 32.1. The molecule has 0 spiro atoms. The summed E-state index contributed by atoms with van der Waals surface area (Å²) in [4.78, 5) is 46.2. The standard InChI is InChI=1S/C25H27FN4O4S/c1-5-27-24(34)25(4)13-29(14(2)3)23(33)19-21(32)20(31)18(12-30(19)25)22-28-11-17(35-22)10-15-6-8-16(26)9-7-15/h6-9,11-12,14,32H,5,10,13H2,1-4H3,(H,27,34). The third-order valence-corrected chi connectivity index (χ3v) is 7.21. The summed E-state index contributed by atoms with van der Waals surface area (Å²) in [5.74, 6) is -1.87. The predicted molar refractivity (Wildman–Crippen MR) is 131 cm³/mol. The summed E-state index contributed by atoms with van der Waals surface area (Å²) < 4.78 is 14.6. The zero-order chi connectivity index (χ0) is 25.5. The minimum absolute atomic E-state index is 0.0811. The minimum Gasteiger partial charge on any atom is -0.503 e. The van der Waals surface area contributed by atoms with Crippen LogP contribution in [0.4, 0.5) is 4.39 Å². The minimum atomic E-state index is -1.25. The van der Waals surface area contributed by atoms with Gasteiger partial charge in [-0.05, 0) is 45.4 Å². The van der Waals surface area contributed by atoms with Gasteiger partial charge in [0.15, 0.2) is 11.4 Å². The van der Waals surface area contributed by atoms with Gasteiger partial charge in [0.25, 0.3) is 5.91 Å². The molecule has 1 atom stereocenters. The molecule has 0 fully saturated rings. The van der Waals surface area contributed by atoms with Gasteiger partial charge in [-0.2, -0.15) is 0 Å². The van der Waals surface area contributed by atoms with Crippen LogP contribution in [-0.4, -0.2) is 50.5 Å². The van der Waals surface area contributed by atoms with Crippen molar-refractivity contribution in [1.29, 1.82) is 0 Å². The molecule has 10 heteroatoms. The van der Waals surface area contributed by atoms with Gasteiger partial charge in [0.2, 0.25) is 11.3 Å². The number of thiazole rings is 1. The second kappa shape index (κ2) is 9.26. The van der Waals surface area contributed by atoms with Gasteiger partial charge in [-0.25, -0.2) is 9.37 Å². The molecule has 1 aliphatic heterocycles. The van der Waals surface area contributed by atoms with Gasteiger partial charge in [0, 0.05) is 36.3 Å². The first-order valence-corrected chi connectivity index (χ1v) is 12.2. The molecular formula is C25H27FN4O4S. The molecule has 1 aliphatic rings. The van der Waals surface area contributed by atoms with Crippen LogP contribution in [0.25, 0.3) is 10.6 Å². The van der Waals surface area contributed by atoms with Crippen LogP contribution in [0, 0.1) is 5.82 Å². The Hall–Kier alpha value is -3.53. The van der Waals surface area contributed by atoms with Gasteiger partial charge >= 0.3 is 0 Å². The SMILES string of the molecule is CCNC(=O)C1(C)CN(C(C)C)C(=O)c2c(O)c(=O)c(-c3ncc(Cc4ccc(F)cc4)s3)cn21. The Morgan fingerprint density at radius 1 is 1.29 bits per heavy atom. The summed E-state index contributed by atoms with van der Waals surface area (Å²) in [6, 6.07) is 5.87. The third kappa shape index (κ3) is 4.34. The molecule has 0 bridgehead atoms. The molecular weight excluding hydrogens is 471 g/mol. The van der Waals surface area contributed by atoms with Gasteiger partial charge in [0.1, 0.15) is 16.4 Å². The van der Waals surface area contributed by atoms with E-state index < -0.39 is 22.6 Å². The van der Waals surface area contributed by atoms with Crippen molar-refractivity contribution >= 4 is 23.2 Å². The van der Waals surface area contributed by atoms with Crippen molar-refractivity contribution in [1.82, 2.24) is 19.8 Å². The number of hydrogen-bond acceptors (Lipinski definition) is 6. The summed E-state index contributed by atoms with van der Waals surface area (Å²) >= 11 is 1.26. The van der Waals surface area contributed by atoms with Crippen molar-refractivity contribution in [2.45, 2.75) is 45.7 Å². The lowest BCUT2D eigenvalue weighted by Gasteiger charge is -2.44. The van der Waals surface area contributed by atoms with E-state index in [-0.39, 0.29) is 35.6 Å². The Bertz CT molecular complexity index is 1350. The molecule has 0 aliphatic carbocycles. The first kappa shape index (κ1) is 24.6. The number of amides is 2. The Morgan fingerprint density at radius 3 is 2.60 bits per heavy atom. The van der Waals surface area contributed by atoms with Crippen LogP contribution < -0.4 is 10.7 Å². The number of carbonyl (C=O) groups excluding carboxylic acids is 2.